The molecule has 176 valence electrons. The molecule has 4 atom stereocenters. The van der Waals surface area contributed by atoms with Crippen LogP contribution in [0.1, 0.15) is 32.6 Å². The molecule has 0 saturated heterocycles. The molecule has 12 heteroatoms. The number of hydrogen-bond donors (Lipinski definition) is 1. The molecule has 32 heavy (non-hydrogen) atoms. The maximum atomic E-state index is 13.2. The summed E-state index contributed by atoms with van der Waals surface area (Å²) in [4.78, 5) is 12.4. The molecule has 1 aromatic carbocycles. The van der Waals surface area contributed by atoms with Gasteiger partial charge in [-0.1, -0.05) is 11.6 Å². The van der Waals surface area contributed by atoms with E-state index in [1.54, 1.807) is 0 Å². The number of ether oxygens (including phenoxy) is 2. The van der Waals surface area contributed by atoms with Crippen LogP contribution in [-0.4, -0.2) is 50.6 Å². The van der Waals surface area contributed by atoms with Crippen molar-refractivity contribution in [3.63, 3.8) is 0 Å². The first-order chi connectivity index (χ1) is 14.8. The van der Waals surface area contributed by atoms with Crippen LogP contribution in [0.25, 0.3) is 0 Å². The average molecular weight is 495 g/mol. The Kier molecular flexibility index (Phi) is 6.71. The number of nitriles is 1. The Morgan fingerprint density at radius 3 is 2.50 bits per heavy atom. The minimum Gasteiger partial charge on any atom is -0.481 e. The fourth-order valence-electron chi connectivity index (χ4n) is 3.70. The highest BCUT2D eigenvalue weighted by atomic mass is 35.5. The van der Waals surface area contributed by atoms with Crippen LogP contribution in [0.5, 0.6) is 5.75 Å². The molecule has 1 unspecified atom stereocenters. The van der Waals surface area contributed by atoms with Crippen LogP contribution < -0.4 is 10.1 Å². The van der Waals surface area contributed by atoms with Gasteiger partial charge in [0.25, 0.3) is 0 Å². The van der Waals surface area contributed by atoms with Crippen molar-refractivity contribution in [3.8, 4) is 11.8 Å². The Morgan fingerprint density at radius 2 is 2.00 bits per heavy atom. The number of rotatable bonds is 7. The summed E-state index contributed by atoms with van der Waals surface area (Å²) < 4.78 is 74.6. The van der Waals surface area contributed by atoms with Crippen molar-refractivity contribution in [2.24, 2.45) is 5.92 Å². The smallest absolute Gasteiger partial charge is 0.425 e. The first-order valence-electron chi connectivity index (χ1n) is 9.86. The van der Waals surface area contributed by atoms with Gasteiger partial charge in [-0.3, -0.25) is 4.79 Å². The molecule has 7 nitrogen and oxygen atoms in total. The Bertz CT molecular complexity index is 1040. The quantitative estimate of drug-likeness (QED) is 0.622. The van der Waals surface area contributed by atoms with Gasteiger partial charge in [0.1, 0.15) is 11.3 Å². The molecular formula is C20H22ClF3N2O5S. The van der Waals surface area contributed by atoms with E-state index >= 15 is 0 Å². The summed E-state index contributed by atoms with van der Waals surface area (Å²) in [6.07, 6.45) is -6.27. The average Bonchev–Trinajstić information content (AvgIpc) is 3.33. The highest BCUT2D eigenvalue weighted by Gasteiger charge is 2.50. The molecule has 0 aromatic heterocycles. The third-order valence-electron chi connectivity index (χ3n) is 5.85. The molecule has 2 aliphatic rings. The van der Waals surface area contributed by atoms with Crippen molar-refractivity contribution >= 4 is 27.3 Å². The van der Waals surface area contributed by atoms with Crippen LogP contribution >= 0.6 is 11.6 Å². The highest BCUT2D eigenvalue weighted by molar-refractivity contribution is 7.92. The van der Waals surface area contributed by atoms with Crippen molar-refractivity contribution in [2.45, 2.75) is 66.7 Å². The zero-order valence-electron chi connectivity index (χ0n) is 17.3. The predicted molar refractivity (Wildman–Crippen MR) is 108 cm³/mol. The highest BCUT2D eigenvalue weighted by Crippen LogP contribution is 2.40. The number of carbonyl (C=O) groups excluding carboxylic acids is 1. The SMILES string of the molecule is CO[C@H]1CC(S(=O)(=O)c2ccc(O[C@@H](C)C(F)(F)F)cc2Cl)C[C@@H]1C(=O)NC1(C#N)CC1. The molecule has 1 N–H and O–H groups in total. The third kappa shape index (κ3) is 4.97. The monoisotopic (exact) mass is 494 g/mol. The zero-order chi connectivity index (χ0) is 23.9. The summed E-state index contributed by atoms with van der Waals surface area (Å²) in [7, 11) is -2.65. The number of carbonyl (C=O) groups is 1. The Labute approximate surface area is 188 Å². The minimum atomic E-state index is -4.59. The van der Waals surface area contributed by atoms with Gasteiger partial charge < -0.3 is 14.8 Å². The molecular weight excluding hydrogens is 473 g/mol. The summed E-state index contributed by atoms with van der Waals surface area (Å²) >= 11 is 6.09. The van der Waals surface area contributed by atoms with E-state index in [1.807, 2.05) is 0 Å². The zero-order valence-corrected chi connectivity index (χ0v) is 18.9. The van der Waals surface area contributed by atoms with Crippen LogP contribution in [0.3, 0.4) is 0 Å². The Morgan fingerprint density at radius 1 is 1.34 bits per heavy atom. The first-order valence-corrected chi connectivity index (χ1v) is 11.8. The van der Waals surface area contributed by atoms with E-state index in [0.29, 0.717) is 12.8 Å². The van der Waals surface area contributed by atoms with E-state index < -0.39 is 50.8 Å². The van der Waals surface area contributed by atoms with Crippen molar-refractivity contribution in [1.29, 1.82) is 5.26 Å². The summed E-state index contributed by atoms with van der Waals surface area (Å²) in [5.41, 5.74) is -0.890. The van der Waals surface area contributed by atoms with Gasteiger partial charge in [-0.25, -0.2) is 8.42 Å². The lowest BCUT2D eigenvalue weighted by Gasteiger charge is -2.19. The first kappa shape index (κ1) is 24.6. The molecule has 2 saturated carbocycles. The van der Waals surface area contributed by atoms with Crippen LogP contribution in [0.15, 0.2) is 23.1 Å². The van der Waals surface area contributed by atoms with Gasteiger partial charge in [0.05, 0.1) is 33.3 Å². The predicted octanol–water partition coefficient (Wildman–Crippen LogP) is 3.41. The maximum absolute atomic E-state index is 13.2. The number of methoxy groups -OCH3 is 1. The number of sulfone groups is 1. The summed E-state index contributed by atoms with van der Waals surface area (Å²) in [6, 6.07) is 5.28. The largest absolute Gasteiger partial charge is 0.481 e. The molecule has 0 spiro atoms. The number of nitrogens with zero attached hydrogens (tertiary/aromatic N) is 1. The van der Waals surface area contributed by atoms with Crippen molar-refractivity contribution < 1.29 is 35.9 Å². The molecule has 2 aliphatic carbocycles. The van der Waals surface area contributed by atoms with Gasteiger partial charge in [-0.2, -0.15) is 18.4 Å². The molecule has 0 radical (unpaired) electrons. The number of halogens is 4. The normalized spacial score (nSPS) is 25.6. The number of benzene rings is 1. The minimum absolute atomic E-state index is 0.0339. The van der Waals surface area contributed by atoms with Crippen LogP contribution in [-0.2, 0) is 19.4 Å². The number of nitrogens with one attached hydrogen (secondary N) is 1. The van der Waals surface area contributed by atoms with Crippen LogP contribution in [0.4, 0.5) is 13.2 Å². The van der Waals surface area contributed by atoms with Gasteiger partial charge in [-0.05, 0) is 44.7 Å². The van der Waals surface area contributed by atoms with Crippen molar-refractivity contribution in [1.82, 2.24) is 5.32 Å². The molecule has 0 heterocycles. The molecule has 2 fully saturated rings. The molecule has 0 bridgehead atoms. The third-order valence-corrected chi connectivity index (χ3v) is 8.51. The Hall–Kier alpha value is -2.03. The molecule has 0 aliphatic heterocycles. The van der Waals surface area contributed by atoms with Gasteiger partial charge in [-0.15, -0.1) is 0 Å². The van der Waals surface area contributed by atoms with E-state index in [1.165, 1.54) is 7.11 Å². The standard InChI is InChI=1S/C20H22ClF3N2O5S/c1-11(20(22,23)24)31-12-3-4-17(15(21)7-12)32(28,29)13-8-14(16(9-13)30-2)18(27)26-19(10-25)5-6-19/h3-4,7,11,13-14,16H,5-6,8-9H2,1-2H3,(H,26,27)/t11-,13?,14-,16-/m0/s1. The van der Waals surface area contributed by atoms with E-state index in [9.17, 15) is 31.6 Å². The van der Waals surface area contributed by atoms with Gasteiger partial charge in [0.15, 0.2) is 15.9 Å². The number of hydrogen-bond acceptors (Lipinski definition) is 6. The molecule has 3 rings (SSSR count). The van der Waals surface area contributed by atoms with E-state index in [0.717, 1.165) is 25.1 Å². The number of alkyl halides is 3. The summed E-state index contributed by atoms with van der Waals surface area (Å²) in [6.45, 7) is 0.825. The van der Waals surface area contributed by atoms with Crippen LogP contribution in [0, 0.1) is 17.2 Å². The van der Waals surface area contributed by atoms with Gasteiger partial charge in [0, 0.05) is 13.2 Å². The molecule has 1 aromatic rings. The second kappa shape index (κ2) is 8.72. The van der Waals surface area contributed by atoms with E-state index in [2.05, 4.69) is 11.4 Å². The van der Waals surface area contributed by atoms with Gasteiger partial charge >= 0.3 is 6.18 Å². The second-order valence-corrected chi connectivity index (χ2v) is 10.7. The van der Waals surface area contributed by atoms with E-state index in [4.69, 9.17) is 21.1 Å². The maximum Gasteiger partial charge on any atom is 0.425 e. The summed E-state index contributed by atoms with van der Waals surface area (Å²) in [5.74, 6) is -1.42. The Balaban J connectivity index is 1.77. The topological polar surface area (TPSA) is 105 Å². The lowest BCUT2D eigenvalue weighted by molar-refractivity contribution is -0.189. The van der Waals surface area contributed by atoms with Crippen molar-refractivity contribution in [2.75, 3.05) is 7.11 Å². The van der Waals surface area contributed by atoms with Crippen molar-refractivity contribution in [3.05, 3.63) is 23.2 Å². The lowest BCUT2D eigenvalue weighted by Crippen LogP contribution is -2.42. The van der Waals surface area contributed by atoms with Gasteiger partial charge in [0.2, 0.25) is 5.91 Å². The number of amides is 1. The fourth-order valence-corrected chi connectivity index (χ4v) is 6.04. The second-order valence-electron chi connectivity index (χ2n) is 8.10. The summed E-state index contributed by atoms with van der Waals surface area (Å²) in [5, 5.41) is 10.6. The van der Waals surface area contributed by atoms with E-state index in [-0.39, 0.29) is 28.5 Å². The molecule has 1 amide bonds. The van der Waals surface area contributed by atoms with Crippen LogP contribution in [0.2, 0.25) is 5.02 Å². The lowest BCUT2D eigenvalue weighted by atomic mass is 10.0. The fraction of sp³-hybridized carbons (Fsp3) is 0.600.